The Morgan fingerprint density at radius 3 is 2.58 bits per heavy atom. The SMILES string of the molecule is CC(C)C[C@@H](NC(=O)CCc1nc(-c2ncccn2)no1)C(=O)O. The largest absolute Gasteiger partial charge is 0.480 e. The van der Waals surface area contributed by atoms with Crippen molar-refractivity contribution >= 4 is 11.9 Å². The number of nitrogens with zero attached hydrogens (tertiary/aromatic N) is 4. The van der Waals surface area contributed by atoms with Gasteiger partial charge in [-0.3, -0.25) is 4.79 Å². The molecule has 1 atom stereocenters. The molecule has 0 fully saturated rings. The summed E-state index contributed by atoms with van der Waals surface area (Å²) in [6, 6.07) is 0.777. The number of carbonyl (C=O) groups is 2. The summed E-state index contributed by atoms with van der Waals surface area (Å²) < 4.78 is 5.05. The van der Waals surface area contributed by atoms with Gasteiger partial charge in [-0.1, -0.05) is 19.0 Å². The van der Waals surface area contributed by atoms with Crippen LogP contribution in [0.2, 0.25) is 0 Å². The first-order chi connectivity index (χ1) is 11.5. The monoisotopic (exact) mass is 333 g/mol. The Hall–Kier alpha value is -2.84. The Bertz CT molecular complexity index is 686. The number of nitrogens with one attached hydrogen (secondary N) is 1. The van der Waals surface area contributed by atoms with E-state index in [0.717, 1.165) is 0 Å². The normalized spacial score (nSPS) is 12.1. The minimum absolute atomic E-state index is 0.0547. The average molecular weight is 333 g/mol. The van der Waals surface area contributed by atoms with Gasteiger partial charge in [-0.2, -0.15) is 4.98 Å². The molecule has 9 nitrogen and oxygen atoms in total. The molecular formula is C15H19N5O4. The summed E-state index contributed by atoms with van der Waals surface area (Å²) in [7, 11) is 0. The molecule has 0 aliphatic carbocycles. The van der Waals surface area contributed by atoms with Crippen LogP contribution in [0.15, 0.2) is 23.0 Å². The molecule has 0 aliphatic rings. The minimum Gasteiger partial charge on any atom is -0.480 e. The molecule has 24 heavy (non-hydrogen) atoms. The van der Waals surface area contributed by atoms with Crippen LogP contribution >= 0.6 is 0 Å². The number of aliphatic carboxylic acids is 1. The van der Waals surface area contributed by atoms with Crippen molar-refractivity contribution in [3.05, 3.63) is 24.4 Å². The molecular weight excluding hydrogens is 314 g/mol. The molecule has 2 rings (SSSR count). The standard InChI is InChI=1S/C15H19N5O4/c1-9(2)8-10(15(22)23)18-11(21)4-5-12-19-14(20-24-12)13-16-6-3-7-17-13/h3,6-7,9-10H,4-5,8H2,1-2H3,(H,18,21)(H,22,23)/t10-/m1/s1. The quantitative estimate of drug-likeness (QED) is 0.733. The molecule has 0 radical (unpaired) electrons. The molecule has 9 heteroatoms. The maximum atomic E-state index is 11.9. The van der Waals surface area contributed by atoms with E-state index >= 15 is 0 Å². The van der Waals surface area contributed by atoms with Crippen molar-refractivity contribution in [3.8, 4) is 11.6 Å². The van der Waals surface area contributed by atoms with Crippen molar-refractivity contribution in [2.24, 2.45) is 5.92 Å². The highest BCUT2D eigenvalue weighted by atomic mass is 16.5. The predicted octanol–water partition coefficient (Wildman–Crippen LogP) is 1.07. The molecule has 2 aromatic heterocycles. The second kappa shape index (κ2) is 8.14. The van der Waals surface area contributed by atoms with E-state index in [-0.39, 0.29) is 36.4 Å². The number of aromatic nitrogens is 4. The lowest BCUT2D eigenvalue weighted by Gasteiger charge is -2.16. The zero-order valence-electron chi connectivity index (χ0n) is 13.5. The van der Waals surface area contributed by atoms with Crippen LogP contribution in [0.1, 0.15) is 32.6 Å². The molecule has 2 N–H and O–H groups in total. The van der Waals surface area contributed by atoms with Crippen LogP contribution in [0.5, 0.6) is 0 Å². The summed E-state index contributed by atoms with van der Waals surface area (Å²) in [5, 5.41) is 15.4. The zero-order valence-corrected chi connectivity index (χ0v) is 13.5. The smallest absolute Gasteiger partial charge is 0.326 e. The maximum absolute atomic E-state index is 11.9. The third-order valence-corrected chi connectivity index (χ3v) is 3.14. The average Bonchev–Trinajstić information content (AvgIpc) is 3.01. The van der Waals surface area contributed by atoms with Crippen LogP contribution in [-0.2, 0) is 16.0 Å². The Kier molecular flexibility index (Phi) is 5.94. The van der Waals surface area contributed by atoms with Crippen LogP contribution in [0, 0.1) is 5.92 Å². The topological polar surface area (TPSA) is 131 Å². The van der Waals surface area contributed by atoms with E-state index in [9.17, 15) is 9.59 Å². The van der Waals surface area contributed by atoms with Gasteiger partial charge in [0.2, 0.25) is 23.4 Å². The molecule has 0 aliphatic heterocycles. The van der Waals surface area contributed by atoms with Gasteiger partial charge in [-0.05, 0) is 18.4 Å². The highest BCUT2D eigenvalue weighted by molar-refractivity contribution is 5.83. The van der Waals surface area contributed by atoms with Gasteiger partial charge >= 0.3 is 5.97 Å². The summed E-state index contributed by atoms with van der Waals surface area (Å²) in [5.74, 6) is -0.412. The van der Waals surface area contributed by atoms with E-state index in [1.54, 1.807) is 18.5 Å². The zero-order chi connectivity index (χ0) is 17.5. The molecule has 0 saturated carbocycles. The third-order valence-electron chi connectivity index (χ3n) is 3.14. The van der Waals surface area contributed by atoms with Crippen molar-refractivity contribution in [1.29, 1.82) is 0 Å². The highest BCUT2D eigenvalue weighted by Crippen LogP contribution is 2.10. The first-order valence-electron chi connectivity index (χ1n) is 7.58. The molecule has 2 heterocycles. The van der Waals surface area contributed by atoms with E-state index in [0.29, 0.717) is 12.2 Å². The van der Waals surface area contributed by atoms with Gasteiger partial charge in [0.1, 0.15) is 6.04 Å². The summed E-state index contributed by atoms with van der Waals surface area (Å²) in [4.78, 5) is 35.2. The molecule has 128 valence electrons. The number of carboxylic acid groups (broad SMARTS) is 1. The lowest BCUT2D eigenvalue weighted by atomic mass is 10.0. The number of carbonyl (C=O) groups excluding carboxylic acids is 1. The fourth-order valence-electron chi connectivity index (χ4n) is 2.04. The number of hydrogen-bond donors (Lipinski definition) is 2. The Morgan fingerprint density at radius 1 is 1.25 bits per heavy atom. The van der Waals surface area contributed by atoms with Crippen molar-refractivity contribution in [1.82, 2.24) is 25.4 Å². The van der Waals surface area contributed by atoms with Crippen LogP contribution < -0.4 is 5.32 Å². The van der Waals surface area contributed by atoms with E-state index < -0.39 is 12.0 Å². The van der Waals surface area contributed by atoms with Crippen LogP contribution in [0.25, 0.3) is 11.6 Å². The second-order valence-corrected chi connectivity index (χ2v) is 5.67. The second-order valence-electron chi connectivity index (χ2n) is 5.67. The number of rotatable bonds is 8. The minimum atomic E-state index is -1.04. The van der Waals surface area contributed by atoms with Gasteiger partial charge in [0.05, 0.1) is 0 Å². The van der Waals surface area contributed by atoms with Gasteiger partial charge in [-0.15, -0.1) is 0 Å². The van der Waals surface area contributed by atoms with Crippen molar-refractivity contribution in [3.63, 3.8) is 0 Å². The van der Waals surface area contributed by atoms with Crippen molar-refractivity contribution < 1.29 is 19.2 Å². The fraction of sp³-hybridized carbons (Fsp3) is 0.467. The summed E-state index contributed by atoms with van der Waals surface area (Å²) >= 11 is 0. The van der Waals surface area contributed by atoms with Crippen LogP contribution in [0.4, 0.5) is 0 Å². The number of aryl methyl sites for hydroxylation is 1. The lowest BCUT2D eigenvalue weighted by Crippen LogP contribution is -2.41. The summed E-state index contributed by atoms with van der Waals surface area (Å²) in [5.41, 5.74) is 0. The Morgan fingerprint density at radius 2 is 1.96 bits per heavy atom. The number of carboxylic acids is 1. The third kappa shape index (κ3) is 5.11. The van der Waals surface area contributed by atoms with E-state index in [4.69, 9.17) is 9.63 Å². The van der Waals surface area contributed by atoms with Gasteiger partial charge in [-0.25, -0.2) is 14.8 Å². The molecule has 2 aromatic rings. The van der Waals surface area contributed by atoms with E-state index in [1.165, 1.54) is 0 Å². The predicted molar refractivity (Wildman–Crippen MR) is 82.7 cm³/mol. The lowest BCUT2D eigenvalue weighted by molar-refractivity contribution is -0.142. The van der Waals surface area contributed by atoms with Gasteiger partial charge in [0.25, 0.3) is 0 Å². The highest BCUT2D eigenvalue weighted by Gasteiger charge is 2.21. The molecule has 1 amide bonds. The fourth-order valence-corrected chi connectivity index (χ4v) is 2.04. The van der Waals surface area contributed by atoms with Crippen LogP contribution in [-0.4, -0.2) is 43.1 Å². The molecule has 0 unspecified atom stereocenters. The summed E-state index contributed by atoms with van der Waals surface area (Å²) in [6.45, 7) is 3.79. The summed E-state index contributed by atoms with van der Waals surface area (Å²) in [6.07, 6.45) is 3.76. The first kappa shape index (κ1) is 17.5. The van der Waals surface area contributed by atoms with E-state index in [1.807, 2.05) is 13.8 Å². The first-order valence-corrected chi connectivity index (χ1v) is 7.58. The van der Waals surface area contributed by atoms with Gasteiger partial charge in [0, 0.05) is 25.2 Å². The van der Waals surface area contributed by atoms with Gasteiger partial charge < -0.3 is 14.9 Å². The molecule has 0 saturated heterocycles. The Labute approximate surface area is 138 Å². The van der Waals surface area contributed by atoms with Crippen molar-refractivity contribution in [2.75, 3.05) is 0 Å². The Balaban J connectivity index is 1.88. The molecule has 0 aromatic carbocycles. The molecule has 0 bridgehead atoms. The van der Waals surface area contributed by atoms with Gasteiger partial charge in [0.15, 0.2) is 0 Å². The van der Waals surface area contributed by atoms with Crippen LogP contribution in [0.3, 0.4) is 0 Å². The number of amides is 1. The van der Waals surface area contributed by atoms with E-state index in [2.05, 4.69) is 25.4 Å². The molecule has 0 spiro atoms. The number of hydrogen-bond acceptors (Lipinski definition) is 7. The maximum Gasteiger partial charge on any atom is 0.326 e. The van der Waals surface area contributed by atoms with Crippen molar-refractivity contribution in [2.45, 2.75) is 39.2 Å².